The highest BCUT2D eigenvalue weighted by Gasteiger charge is 2.50. The van der Waals surface area contributed by atoms with Crippen molar-refractivity contribution in [2.75, 3.05) is 6.61 Å². The Morgan fingerprint density at radius 1 is 0.833 bits per heavy atom. The van der Waals surface area contributed by atoms with Crippen molar-refractivity contribution in [3.05, 3.63) is 60.7 Å². The lowest BCUT2D eigenvalue weighted by Crippen LogP contribution is -2.66. The molecule has 0 bridgehead atoms. The van der Waals surface area contributed by atoms with E-state index in [2.05, 4.69) is 81.4 Å². The number of hydrogen-bond acceptors (Lipinski definition) is 1. The van der Waals surface area contributed by atoms with Crippen molar-refractivity contribution < 1.29 is 4.43 Å². The molecule has 3 rings (SSSR count). The van der Waals surface area contributed by atoms with Gasteiger partial charge in [-0.05, 0) is 34.2 Å². The molecule has 0 spiro atoms. The van der Waals surface area contributed by atoms with E-state index in [0.29, 0.717) is 0 Å². The molecule has 0 aromatic heterocycles. The SMILES string of the molecule is CC(C)(C)[Si](OCC1CCCC1)(c1ccccc1)c1ccccc1. The summed E-state index contributed by atoms with van der Waals surface area (Å²) in [7, 11) is -2.32. The zero-order valence-corrected chi connectivity index (χ0v) is 16.3. The minimum absolute atomic E-state index is 0.0916. The molecule has 0 unspecified atom stereocenters. The van der Waals surface area contributed by atoms with Gasteiger partial charge in [-0.2, -0.15) is 0 Å². The van der Waals surface area contributed by atoms with Gasteiger partial charge in [0.05, 0.1) is 0 Å². The van der Waals surface area contributed by atoms with Gasteiger partial charge in [0.25, 0.3) is 8.32 Å². The molecular formula is C22H30OSi. The van der Waals surface area contributed by atoms with Gasteiger partial charge < -0.3 is 4.43 Å². The topological polar surface area (TPSA) is 9.23 Å². The average Bonchev–Trinajstić information content (AvgIpc) is 3.10. The third-order valence-electron chi connectivity index (χ3n) is 5.43. The van der Waals surface area contributed by atoms with Crippen LogP contribution in [0.15, 0.2) is 60.7 Å². The molecule has 1 aliphatic carbocycles. The van der Waals surface area contributed by atoms with E-state index < -0.39 is 8.32 Å². The van der Waals surface area contributed by atoms with Gasteiger partial charge in [0.15, 0.2) is 0 Å². The molecule has 0 N–H and O–H groups in total. The summed E-state index contributed by atoms with van der Waals surface area (Å²) in [4.78, 5) is 0. The van der Waals surface area contributed by atoms with Crippen LogP contribution in [0, 0.1) is 5.92 Å². The highest BCUT2D eigenvalue weighted by molar-refractivity contribution is 6.99. The maximum Gasteiger partial charge on any atom is 0.261 e. The van der Waals surface area contributed by atoms with Crippen LogP contribution in [-0.2, 0) is 4.43 Å². The zero-order chi connectivity index (χ0) is 17.0. The Morgan fingerprint density at radius 2 is 1.29 bits per heavy atom. The molecule has 2 heteroatoms. The van der Waals surface area contributed by atoms with Crippen LogP contribution < -0.4 is 10.4 Å². The second-order valence-corrected chi connectivity index (χ2v) is 12.4. The van der Waals surface area contributed by atoms with E-state index in [0.717, 1.165) is 12.5 Å². The van der Waals surface area contributed by atoms with Gasteiger partial charge in [-0.1, -0.05) is 94.3 Å². The molecule has 1 aliphatic rings. The van der Waals surface area contributed by atoms with Crippen LogP contribution in [0.2, 0.25) is 5.04 Å². The standard InChI is InChI=1S/C22H30OSi/c1-22(2,3)24(20-14-6-4-7-15-20,21-16-8-5-9-17-21)23-18-19-12-10-11-13-19/h4-9,14-17,19H,10-13,18H2,1-3H3. The van der Waals surface area contributed by atoms with Crippen LogP contribution >= 0.6 is 0 Å². The molecule has 0 aliphatic heterocycles. The summed E-state index contributed by atoms with van der Waals surface area (Å²) in [5, 5.41) is 2.87. The summed E-state index contributed by atoms with van der Waals surface area (Å²) < 4.78 is 6.99. The fourth-order valence-corrected chi connectivity index (χ4v) is 8.82. The first-order chi connectivity index (χ1) is 11.5. The van der Waals surface area contributed by atoms with Crippen LogP contribution in [0.4, 0.5) is 0 Å². The van der Waals surface area contributed by atoms with Crippen molar-refractivity contribution in [2.24, 2.45) is 5.92 Å². The van der Waals surface area contributed by atoms with Crippen molar-refractivity contribution in [1.29, 1.82) is 0 Å². The van der Waals surface area contributed by atoms with Crippen molar-refractivity contribution in [3.63, 3.8) is 0 Å². The van der Waals surface area contributed by atoms with Crippen molar-refractivity contribution in [1.82, 2.24) is 0 Å². The van der Waals surface area contributed by atoms with Crippen LogP contribution in [0.3, 0.4) is 0 Å². The van der Waals surface area contributed by atoms with Gasteiger partial charge in [0.1, 0.15) is 0 Å². The van der Waals surface area contributed by atoms with E-state index in [1.807, 2.05) is 0 Å². The van der Waals surface area contributed by atoms with Crippen LogP contribution in [0.25, 0.3) is 0 Å². The fourth-order valence-electron chi connectivity index (χ4n) is 4.18. The Hall–Kier alpha value is -1.38. The van der Waals surface area contributed by atoms with E-state index in [1.165, 1.54) is 36.1 Å². The Bertz CT molecular complexity index is 585. The molecule has 0 radical (unpaired) electrons. The molecule has 2 aromatic carbocycles. The lowest BCUT2D eigenvalue weighted by molar-refractivity contribution is 0.238. The third kappa shape index (κ3) is 3.36. The largest absolute Gasteiger partial charge is 0.407 e. The van der Waals surface area contributed by atoms with Crippen molar-refractivity contribution in [2.45, 2.75) is 51.5 Å². The smallest absolute Gasteiger partial charge is 0.261 e. The highest BCUT2D eigenvalue weighted by atomic mass is 28.4. The van der Waals surface area contributed by atoms with Gasteiger partial charge in [-0.25, -0.2) is 0 Å². The molecule has 0 heterocycles. The average molecular weight is 339 g/mol. The molecule has 128 valence electrons. The lowest BCUT2D eigenvalue weighted by Gasteiger charge is -2.43. The van der Waals surface area contributed by atoms with Gasteiger partial charge >= 0.3 is 0 Å². The van der Waals surface area contributed by atoms with Gasteiger partial charge in [-0.3, -0.25) is 0 Å². The first kappa shape index (κ1) is 17.4. The molecule has 1 fully saturated rings. The Kier molecular flexibility index (Phi) is 5.26. The predicted octanol–water partition coefficient (Wildman–Crippen LogP) is 4.75. The highest BCUT2D eigenvalue weighted by Crippen LogP contribution is 2.38. The van der Waals surface area contributed by atoms with Crippen LogP contribution in [0.1, 0.15) is 46.5 Å². The quantitative estimate of drug-likeness (QED) is 0.715. The van der Waals surface area contributed by atoms with E-state index >= 15 is 0 Å². The van der Waals surface area contributed by atoms with E-state index in [9.17, 15) is 0 Å². The summed E-state index contributed by atoms with van der Waals surface area (Å²) >= 11 is 0. The van der Waals surface area contributed by atoms with Crippen molar-refractivity contribution in [3.8, 4) is 0 Å². The van der Waals surface area contributed by atoms with Gasteiger partial charge in [0.2, 0.25) is 0 Å². The molecule has 0 saturated heterocycles. The number of benzene rings is 2. The molecule has 1 saturated carbocycles. The Morgan fingerprint density at radius 3 is 1.71 bits per heavy atom. The lowest BCUT2D eigenvalue weighted by atomic mass is 10.1. The molecule has 24 heavy (non-hydrogen) atoms. The summed E-state index contributed by atoms with van der Waals surface area (Å²) in [6.45, 7) is 7.98. The van der Waals surface area contributed by atoms with E-state index in [1.54, 1.807) is 0 Å². The Labute approximate surface area is 148 Å². The van der Waals surface area contributed by atoms with Crippen molar-refractivity contribution >= 4 is 18.7 Å². The molecule has 0 amide bonds. The van der Waals surface area contributed by atoms with Gasteiger partial charge in [0, 0.05) is 6.61 Å². The maximum absolute atomic E-state index is 6.99. The second-order valence-electron chi connectivity index (χ2n) is 8.12. The Balaban J connectivity index is 2.06. The van der Waals surface area contributed by atoms with Crippen LogP contribution in [-0.4, -0.2) is 14.9 Å². The second kappa shape index (κ2) is 7.24. The third-order valence-corrected chi connectivity index (χ3v) is 10.4. The molecule has 2 aromatic rings. The summed E-state index contributed by atoms with van der Waals surface area (Å²) in [5.41, 5.74) is 0. The minimum Gasteiger partial charge on any atom is -0.407 e. The maximum atomic E-state index is 6.99. The van der Waals surface area contributed by atoms with E-state index in [-0.39, 0.29) is 5.04 Å². The predicted molar refractivity (Wildman–Crippen MR) is 106 cm³/mol. The normalized spacial score (nSPS) is 16.5. The first-order valence-corrected chi connectivity index (χ1v) is 11.2. The molecule has 0 atom stereocenters. The summed E-state index contributed by atoms with van der Waals surface area (Å²) in [6, 6.07) is 21.9. The number of hydrogen-bond donors (Lipinski definition) is 0. The first-order valence-electron chi connectivity index (χ1n) is 9.29. The van der Waals surface area contributed by atoms with Crippen LogP contribution in [0.5, 0.6) is 0 Å². The zero-order valence-electron chi connectivity index (χ0n) is 15.3. The number of rotatable bonds is 5. The minimum atomic E-state index is -2.32. The molecular weight excluding hydrogens is 308 g/mol. The monoisotopic (exact) mass is 338 g/mol. The molecule has 1 nitrogen and oxygen atoms in total. The van der Waals surface area contributed by atoms with E-state index in [4.69, 9.17) is 4.43 Å². The summed E-state index contributed by atoms with van der Waals surface area (Å²) in [6.07, 6.45) is 5.40. The fraction of sp³-hybridized carbons (Fsp3) is 0.455. The summed E-state index contributed by atoms with van der Waals surface area (Å²) in [5.74, 6) is 0.742. The van der Waals surface area contributed by atoms with Gasteiger partial charge in [-0.15, -0.1) is 0 Å².